The lowest BCUT2D eigenvalue weighted by Crippen LogP contribution is -2.44. The van der Waals surface area contributed by atoms with Crippen LogP contribution in [-0.4, -0.2) is 41.3 Å². The number of anilines is 1. The number of nitrogens with two attached hydrogens (primary N) is 1. The summed E-state index contributed by atoms with van der Waals surface area (Å²) in [6, 6.07) is 0.0668. The molecule has 1 heterocycles. The van der Waals surface area contributed by atoms with Crippen LogP contribution in [0.2, 0.25) is 0 Å². The summed E-state index contributed by atoms with van der Waals surface area (Å²) in [6.45, 7) is 11.0. The van der Waals surface area contributed by atoms with Crippen molar-refractivity contribution in [1.82, 2.24) is 9.88 Å². The number of amides is 1. The van der Waals surface area contributed by atoms with E-state index in [0.717, 1.165) is 36.3 Å². The van der Waals surface area contributed by atoms with Gasteiger partial charge in [-0.3, -0.25) is 4.79 Å². The Labute approximate surface area is 159 Å². The van der Waals surface area contributed by atoms with E-state index in [9.17, 15) is 9.59 Å². The minimum atomic E-state index is -0.475. The van der Waals surface area contributed by atoms with E-state index in [2.05, 4.69) is 16.3 Å². The van der Waals surface area contributed by atoms with Crippen molar-refractivity contribution in [2.45, 2.75) is 59.4 Å². The average molecular weight is 384 g/mol. The average Bonchev–Trinajstić information content (AvgIpc) is 2.90. The molecule has 0 bridgehead atoms. The summed E-state index contributed by atoms with van der Waals surface area (Å²) in [7, 11) is 0. The van der Waals surface area contributed by atoms with Crippen LogP contribution in [0, 0.1) is 0 Å². The number of ether oxygens (including phenoxy) is 2. The van der Waals surface area contributed by atoms with Crippen LogP contribution in [0.4, 0.5) is 9.93 Å². The summed E-state index contributed by atoms with van der Waals surface area (Å²) < 4.78 is 9.68. The van der Waals surface area contributed by atoms with E-state index in [0.29, 0.717) is 11.7 Å². The predicted molar refractivity (Wildman–Crippen MR) is 103 cm³/mol. The molecule has 0 saturated heterocycles. The Morgan fingerprint density at radius 3 is 2.58 bits per heavy atom. The standard InChI is InChI=1S/C14H21N3O4S.C4H8/c1-3-6-17(14(19)21-8-20-9(2)18)10-4-5-11-12(7-10)22-13(15)16-11;1-4(2)3/h10H,3-8H2,1-2H3,(H2,15,16);1H2,2-3H3. The number of hydrogen-bond acceptors (Lipinski definition) is 7. The predicted octanol–water partition coefficient (Wildman–Crippen LogP) is 3.53. The van der Waals surface area contributed by atoms with Gasteiger partial charge >= 0.3 is 12.1 Å². The molecule has 0 saturated carbocycles. The van der Waals surface area contributed by atoms with E-state index in [1.54, 1.807) is 4.90 Å². The summed E-state index contributed by atoms with van der Waals surface area (Å²) >= 11 is 1.48. The van der Waals surface area contributed by atoms with Crippen molar-refractivity contribution in [2.24, 2.45) is 0 Å². The molecule has 1 aromatic rings. The first-order valence-electron chi connectivity index (χ1n) is 8.67. The van der Waals surface area contributed by atoms with Gasteiger partial charge in [-0.25, -0.2) is 9.78 Å². The van der Waals surface area contributed by atoms with Crippen LogP contribution in [0.3, 0.4) is 0 Å². The normalized spacial score (nSPS) is 15.2. The van der Waals surface area contributed by atoms with Crippen molar-refractivity contribution < 1.29 is 19.1 Å². The molecule has 1 aliphatic carbocycles. The molecule has 1 amide bonds. The second-order valence-corrected chi connectivity index (χ2v) is 7.50. The fourth-order valence-electron chi connectivity index (χ4n) is 2.55. The highest BCUT2D eigenvalue weighted by Gasteiger charge is 2.30. The summed E-state index contributed by atoms with van der Waals surface area (Å²) in [5.74, 6) is -0.475. The molecule has 146 valence electrons. The van der Waals surface area contributed by atoms with Crippen LogP contribution in [0.1, 0.15) is 51.1 Å². The molecule has 1 aromatic heterocycles. The van der Waals surface area contributed by atoms with E-state index >= 15 is 0 Å². The molecule has 0 radical (unpaired) electrons. The minimum Gasteiger partial charge on any atom is -0.428 e. The number of fused-ring (bicyclic) bond motifs is 1. The Morgan fingerprint density at radius 1 is 1.35 bits per heavy atom. The molecule has 2 N–H and O–H groups in total. The lowest BCUT2D eigenvalue weighted by molar-refractivity contribution is -0.149. The SMILES string of the molecule is C=C(C)C.CCCN(C(=O)OCOC(C)=O)C1CCc2nc(N)sc2C1. The summed E-state index contributed by atoms with van der Waals surface area (Å²) in [6.07, 6.45) is 2.77. The van der Waals surface area contributed by atoms with Crippen molar-refractivity contribution in [3.8, 4) is 0 Å². The topological polar surface area (TPSA) is 94.8 Å². The Kier molecular flexibility index (Phi) is 9.12. The Morgan fingerprint density at radius 2 is 2.00 bits per heavy atom. The first-order chi connectivity index (χ1) is 12.2. The second-order valence-electron chi connectivity index (χ2n) is 6.38. The van der Waals surface area contributed by atoms with E-state index < -0.39 is 12.1 Å². The molecule has 0 aromatic carbocycles. The largest absolute Gasteiger partial charge is 0.428 e. The van der Waals surface area contributed by atoms with Crippen LogP contribution in [0.15, 0.2) is 12.2 Å². The lowest BCUT2D eigenvalue weighted by atomic mass is 9.96. The van der Waals surface area contributed by atoms with Crippen molar-refractivity contribution >= 4 is 28.5 Å². The smallest absolute Gasteiger partial charge is 0.412 e. The maximum absolute atomic E-state index is 12.2. The van der Waals surface area contributed by atoms with Crippen molar-refractivity contribution in [3.63, 3.8) is 0 Å². The van der Waals surface area contributed by atoms with E-state index in [1.165, 1.54) is 23.8 Å². The Hall–Kier alpha value is -2.09. The van der Waals surface area contributed by atoms with E-state index in [1.807, 2.05) is 20.8 Å². The molecule has 0 fully saturated rings. The van der Waals surface area contributed by atoms with Crippen molar-refractivity contribution in [1.29, 1.82) is 0 Å². The Bertz CT molecular complexity index is 626. The molecule has 1 aliphatic rings. The highest BCUT2D eigenvalue weighted by atomic mass is 32.1. The number of esters is 1. The molecular formula is C18H29N3O4S. The third kappa shape index (κ3) is 7.43. The van der Waals surface area contributed by atoms with Gasteiger partial charge in [-0.2, -0.15) is 0 Å². The molecule has 8 heteroatoms. The molecule has 1 unspecified atom stereocenters. The zero-order valence-electron chi connectivity index (χ0n) is 16.0. The van der Waals surface area contributed by atoms with Crippen molar-refractivity contribution in [3.05, 3.63) is 22.7 Å². The van der Waals surface area contributed by atoms with Gasteiger partial charge in [0.2, 0.25) is 6.79 Å². The zero-order chi connectivity index (χ0) is 19.7. The molecule has 2 rings (SSSR count). The molecule has 0 aliphatic heterocycles. The van der Waals surface area contributed by atoms with Gasteiger partial charge in [0, 0.05) is 30.8 Å². The lowest BCUT2D eigenvalue weighted by Gasteiger charge is -2.32. The van der Waals surface area contributed by atoms with Gasteiger partial charge in [0.05, 0.1) is 5.69 Å². The van der Waals surface area contributed by atoms with Gasteiger partial charge in [-0.15, -0.1) is 17.9 Å². The number of aromatic nitrogens is 1. The van der Waals surface area contributed by atoms with Gasteiger partial charge < -0.3 is 20.1 Å². The third-order valence-electron chi connectivity index (χ3n) is 3.51. The highest BCUT2D eigenvalue weighted by molar-refractivity contribution is 7.15. The number of hydrogen-bond donors (Lipinski definition) is 1. The van der Waals surface area contributed by atoms with Gasteiger partial charge in [-0.05, 0) is 33.1 Å². The van der Waals surface area contributed by atoms with Crippen LogP contribution >= 0.6 is 11.3 Å². The number of thiazole rings is 1. The fraction of sp³-hybridized carbons (Fsp3) is 0.611. The molecule has 7 nitrogen and oxygen atoms in total. The van der Waals surface area contributed by atoms with E-state index in [4.69, 9.17) is 10.5 Å². The van der Waals surface area contributed by atoms with Crippen LogP contribution < -0.4 is 5.73 Å². The van der Waals surface area contributed by atoms with Crippen LogP contribution in [0.5, 0.6) is 0 Å². The minimum absolute atomic E-state index is 0.0668. The Balaban J connectivity index is 0.000000765. The quantitative estimate of drug-likeness (QED) is 0.475. The molecule has 1 atom stereocenters. The number of aryl methyl sites for hydroxylation is 1. The molecular weight excluding hydrogens is 354 g/mol. The van der Waals surface area contributed by atoms with Crippen LogP contribution in [0.25, 0.3) is 0 Å². The monoisotopic (exact) mass is 383 g/mol. The maximum atomic E-state index is 12.2. The fourth-order valence-corrected chi connectivity index (χ4v) is 3.50. The number of carbonyl (C=O) groups is 2. The van der Waals surface area contributed by atoms with Gasteiger partial charge in [0.25, 0.3) is 0 Å². The summed E-state index contributed by atoms with van der Waals surface area (Å²) in [5.41, 5.74) is 7.96. The van der Waals surface area contributed by atoms with Crippen LogP contribution in [-0.2, 0) is 27.1 Å². The molecule has 26 heavy (non-hydrogen) atoms. The molecule has 0 spiro atoms. The number of rotatable bonds is 5. The van der Waals surface area contributed by atoms with Gasteiger partial charge in [-0.1, -0.05) is 12.5 Å². The number of nitrogens with zero attached hydrogens (tertiary/aromatic N) is 2. The van der Waals surface area contributed by atoms with E-state index in [-0.39, 0.29) is 12.8 Å². The third-order valence-corrected chi connectivity index (χ3v) is 4.46. The number of allylic oxidation sites excluding steroid dienone is 1. The van der Waals surface area contributed by atoms with Gasteiger partial charge in [0.1, 0.15) is 0 Å². The summed E-state index contributed by atoms with van der Waals surface area (Å²) in [4.78, 5) is 30.1. The first kappa shape index (κ1) is 22.0. The van der Waals surface area contributed by atoms with Gasteiger partial charge in [0.15, 0.2) is 5.13 Å². The van der Waals surface area contributed by atoms with Crippen molar-refractivity contribution in [2.75, 3.05) is 19.1 Å². The number of nitrogen functional groups attached to an aromatic ring is 1. The zero-order valence-corrected chi connectivity index (χ0v) is 16.9. The first-order valence-corrected chi connectivity index (χ1v) is 9.49. The summed E-state index contributed by atoms with van der Waals surface area (Å²) in [5, 5.41) is 0.574. The number of carbonyl (C=O) groups excluding carboxylic acids is 2. The maximum Gasteiger partial charge on any atom is 0.412 e. The second kappa shape index (κ2) is 10.8. The highest BCUT2D eigenvalue weighted by Crippen LogP contribution is 2.30.